The first-order valence-electron chi connectivity index (χ1n) is 19.5. The molecular weight excluding hydrogens is 672 g/mol. The second-order valence-corrected chi connectivity index (χ2v) is 15.4. The van der Waals surface area contributed by atoms with Crippen LogP contribution in [-0.2, 0) is 22.5 Å². The fourth-order valence-electron chi connectivity index (χ4n) is 9.68. The van der Waals surface area contributed by atoms with Crippen LogP contribution >= 0.6 is 0 Å². The number of benzene rings is 2. The molecule has 1 saturated carbocycles. The number of methoxy groups -OCH3 is 1. The monoisotopic (exact) mass is 728 g/mol. The number of allylic oxidation sites excluding steroid dienone is 3. The number of ether oxygens (including phenoxy) is 3. The molecule has 1 aromatic heterocycles. The van der Waals surface area contributed by atoms with E-state index >= 15 is 0 Å². The van der Waals surface area contributed by atoms with E-state index in [1.54, 1.807) is 0 Å². The molecule has 4 aliphatic rings. The molecule has 9 unspecified atom stereocenters. The lowest BCUT2D eigenvalue weighted by Crippen LogP contribution is -2.44. The minimum Gasteiger partial charge on any atom is -0.508 e. The SMILES string of the molecule is CCOCCCNC1C=CC2C(CC=CC2c2cc(C3CCC4C(O)CC(c5c(CO)c(O)c(O)c(OC)c5Cc5cc[nH]c5)OC4C3)ccc2O)C1. The normalized spacial score (nSPS) is 29.5. The Hall–Kier alpha value is -3.80. The van der Waals surface area contributed by atoms with Crippen LogP contribution in [0.15, 0.2) is 61.0 Å². The second-order valence-electron chi connectivity index (χ2n) is 15.4. The third-order valence-corrected chi connectivity index (χ3v) is 12.3. The highest BCUT2D eigenvalue weighted by Gasteiger charge is 2.44. The Morgan fingerprint density at radius 1 is 1.00 bits per heavy atom. The van der Waals surface area contributed by atoms with Crippen molar-refractivity contribution in [2.45, 2.75) is 101 Å². The fourth-order valence-corrected chi connectivity index (χ4v) is 9.68. The molecule has 2 heterocycles. The predicted molar refractivity (Wildman–Crippen MR) is 202 cm³/mol. The van der Waals surface area contributed by atoms with Crippen LogP contribution < -0.4 is 10.1 Å². The third-order valence-electron chi connectivity index (χ3n) is 12.3. The maximum absolute atomic E-state index is 11.6. The quantitative estimate of drug-likeness (QED) is 0.0584. The van der Waals surface area contributed by atoms with Gasteiger partial charge in [0.25, 0.3) is 0 Å². The Morgan fingerprint density at radius 2 is 1.87 bits per heavy atom. The van der Waals surface area contributed by atoms with Crippen molar-refractivity contribution in [1.29, 1.82) is 0 Å². The number of phenolic OH excluding ortho intramolecular Hbond substituents is 2. The van der Waals surface area contributed by atoms with E-state index in [-0.39, 0.29) is 35.2 Å². The Morgan fingerprint density at radius 3 is 2.64 bits per heavy atom. The number of H-pyrrole nitrogens is 1. The Bertz CT molecular complexity index is 1760. The summed E-state index contributed by atoms with van der Waals surface area (Å²) >= 11 is 0. The molecule has 2 aromatic carbocycles. The van der Waals surface area contributed by atoms with Crippen molar-refractivity contribution in [3.63, 3.8) is 0 Å². The topological polar surface area (TPSA) is 157 Å². The van der Waals surface area contributed by atoms with Crippen molar-refractivity contribution in [1.82, 2.24) is 10.3 Å². The first-order chi connectivity index (χ1) is 25.8. The number of aromatic hydroxyl groups is 3. The fraction of sp³-hybridized carbons (Fsp3) is 0.535. The molecular formula is C43H56N2O8. The van der Waals surface area contributed by atoms with Gasteiger partial charge in [0.05, 0.1) is 32.0 Å². The van der Waals surface area contributed by atoms with Crippen molar-refractivity contribution in [3.05, 3.63) is 94.3 Å². The number of fused-ring (bicyclic) bond motifs is 2. The van der Waals surface area contributed by atoms with Crippen LogP contribution in [0.25, 0.3) is 0 Å². The number of aliphatic hydroxyl groups is 2. The van der Waals surface area contributed by atoms with Gasteiger partial charge in [-0.25, -0.2) is 0 Å². The van der Waals surface area contributed by atoms with Crippen LogP contribution in [0.3, 0.4) is 0 Å². The maximum atomic E-state index is 11.6. The van der Waals surface area contributed by atoms with Crippen molar-refractivity contribution in [3.8, 4) is 23.0 Å². The molecule has 10 heteroatoms. The summed E-state index contributed by atoms with van der Waals surface area (Å²) in [5, 5.41) is 58.9. The molecule has 0 amide bonds. The van der Waals surface area contributed by atoms with Crippen LogP contribution in [0.5, 0.6) is 23.0 Å². The molecule has 10 nitrogen and oxygen atoms in total. The average Bonchev–Trinajstić information content (AvgIpc) is 3.69. The minimum absolute atomic E-state index is 0.0486. The second kappa shape index (κ2) is 16.7. The molecule has 286 valence electrons. The third kappa shape index (κ3) is 7.75. The van der Waals surface area contributed by atoms with E-state index in [0.29, 0.717) is 54.0 Å². The van der Waals surface area contributed by atoms with Crippen LogP contribution in [-0.4, -0.2) is 75.6 Å². The number of phenols is 3. The first kappa shape index (κ1) is 37.5. The van der Waals surface area contributed by atoms with Crippen LogP contribution in [0.1, 0.15) is 103 Å². The van der Waals surface area contributed by atoms with Crippen molar-refractivity contribution in [2.75, 3.05) is 26.9 Å². The molecule has 3 aromatic rings. The molecule has 0 radical (unpaired) electrons. The molecule has 7 N–H and O–H groups in total. The first-order valence-corrected chi connectivity index (χ1v) is 19.5. The average molecular weight is 729 g/mol. The summed E-state index contributed by atoms with van der Waals surface area (Å²) in [6, 6.07) is 8.34. The molecule has 7 rings (SSSR count). The van der Waals surface area contributed by atoms with E-state index < -0.39 is 30.3 Å². The van der Waals surface area contributed by atoms with Gasteiger partial charge in [-0.2, -0.15) is 0 Å². The summed E-state index contributed by atoms with van der Waals surface area (Å²) in [5.74, 6) is 0.602. The van der Waals surface area contributed by atoms with Gasteiger partial charge in [-0.15, -0.1) is 0 Å². The van der Waals surface area contributed by atoms with Crippen LogP contribution in [0.2, 0.25) is 0 Å². The van der Waals surface area contributed by atoms with Gasteiger partial charge in [0.15, 0.2) is 11.5 Å². The van der Waals surface area contributed by atoms with E-state index in [2.05, 4.69) is 40.7 Å². The number of aromatic nitrogens is 1. The standard InChI is InChI=1S/C43H56N2O8/c1-3-52-17-5-15-45-29-10-12-30-28(19-29)6-4-7-31(30)33-20-26(9-13-36(33)47)27-8-11-32-37(48)22-39(53-38(32)21-27)40-34(18-25-14-16-44-23-25)43(51-2)42(50)41(49)35(40)24-46/h4,7,9-10,12-14,16,20,23,27-32,37-39,44-50H,3,5-6,8,11,15,17-19,21-22,24H2,1-2H3. The van der Waals surface area contributed by atoms with E-state index in [9.17, 15) is 25.5 Å². The van der Waals surface area contributed by atoms with Gasteiger partial charge in [-0.05, 0) is 98.6 Å². The van der Waals surface area contributed by atoms with Crippen LogP contribution in [0, 0.1) is 17.8 Å². The van der Waals surface area contributed by atoms with Gasteiger partial charge in [-0.1, -0.05) is 36.4 Å². The number of aromatic amines is 1. The Labute approximate surface area is 312 Å². The van der Waals surface area contributed by atoms with Gasteiger partial charge in [0, 0.05) is 73.0 Å². The molecule has 0 spiro atoms. The van der Waals surface area contributed by atoms with Gasteiger partial charge >= 0.3 is 0 Å². The summed E-state index contributed by atoms with van der Waals surface area (Å²) < 4.78 is 18.0. The Balaban J connectivity index is 1.11. The van der Waals surface area contributed by atoms with E-state index in [0.717, 1.165) is 68.6 Å². The highest BCUT2D eigenvalue weighted by atomic mass is 16.5. The summed E-state index contributed by atoms with van der Waals surface area (Å²) in [5.41, 5.74) is 4.39. The largest absolute Gasteiger partial charge is 0.508 e. The zero-order chi connectivity index (χ0) is 37.1. The van der Waals surface area contributed by atoms with Gasteiger partial charge in [-0.3, -0.25) is 0 Å². The number of hydrogen-bond donors (Lipinski definition) is 7. The zero-order valence-electron chi connectivity index (χ0n) is 30.9. The number of rotatable bonds is 13. The molecule has 2 fully saturated rings. The lowest BCUT2D eigenvalue weighted by Gasteiger charge is -2.46. The molecule has 9 atom stereocenters. The van der Waals surface area contributed by atoms with Crippen molar-refractivity contribution < 1.29 is 39.7 Å². The summed E-state index contributed by atoms with van der Waals surface area (Å²) in [7, 11) is 1.44. The maximum Gasteiger partial charge on any atom is 0.201 e. The zero-order valence-corrected chi connectivity index (χ0v) is 30.9. The summed E-state index contributed by atoms with van der Waals surface area (Å²) in [4.78, 5) is 3.06. The van der Waals surface area contributed by atoms with Gasteiger partial charge < -0.3 is 50.0 Å². The number of nitrogens with one attached hydrogen (secondary N) is 2. The predicted octanol–water partition coefficient (Wildman–Crippen LogP) is 6.62. The number of aliphatic hydroxyl groups excluding tert-OH is 2. The van der Waals surface area contributed by atoms with Crippen molar-refractivity contribution >= 4 is 0 Å². The highest BCUT2D eigenvalue weighted by molar-refractivity contribution is 5.64. The molecule has 1 saturated heterocycles. The van der Waals surface area contributed by atoms with Gasteiger partial charge in [0.2, 0.25) is 5.75 Å². The minimum atomic E-state index is -0.644. The van der Waals surface area contributed by atoms with E-state index in [4.69, 9.17) is 14.2 Å². The smallest absolute Gasteiger partial charge is 0.201 e. The highest BCUT2D eigenvalue weighted by Crippen LogP contribution is 2.53. The Kier molecular flexibility index (Phi) is 11.8. The molecule has 53 heavy (non-hydrogen) atoms. The lowest BCUT2D eigenvalue weighted by molar-refractivity contribution is -0.154. The van der Waals surface area contributed by atoms with Crippen LogP contribution in [0.4, 0.5) is 0 Å². The summed E-state index contributed by atoms with van der Waals surface area (Å²) in [6.07, 6.45) is 17.5. The molecule has 1 aliphatic heterocycles. The van der Waals surface area contributed by atoms with Crippen molar-refractivity contribution in [2.24, 2.45) is 17.8 Å². The number of hydrogen-bond acceptors (Lipinski definition) is 9. The summed E-state index contributed by atoms with van der Waals surface area (Å²) in [6.45, 7) is 3.97. The van der Waals surface area contributed by atoms with E-state index in [1.165, 1.54) is 7.11 Å². The molecule has 3 aliphatic carbocycles. The van der Waals surface area contributed by atoms with E-state index in [1.807, 2.05) is 37.5 Å². The molecule has 0 bridgehead atoms. The lowest BCUT2D eigenvalue weighted by atomic mass is 9.67. The van der Waals surface area contributed by atoms with Gasteiger partial charge in [0.1, 0.15) is 5.75 Å².